The van der Waals surface area contributed by atoms with E-state index >= 15 is 0 Å². The van der Waals surface area contributed by atoms with E-state index in [9.17, 15) is 4.79 Å². The zero-order chi connectivity index (χ0) is 18.1. The molecule has 1 unspecified atom stereocenters. The number of aromatic nitrogens is 3. The molecule has 4 rings (SSSR count). The van der Waals surface area contributed by atoms with Crippen molar-refractivity contribution in [3.63, 3.8) is 0 Å². The Labute approximate surface area is 162 Å². The minimum atomic E-state index is -0.193. The van der Waals surface area contributed by atoms with E-state index in [1.807, 2.05) is 48.7 Å². The zero-order valence-electron chi connectivity index (χ0n) is 13.9. The molecule has 0 bridgehead atoms. The molecular weight excluding hydrogens is 412 g/mol. The summed E-state index contributed by atoms with van der Waals surface area (Å²) in [7, 11) is 0. The third kappa shape index (κ3) is 3.15. The Balaban J connectivity index is 1.54. The van der Waals surface area contributed by atoms with E-state index < -0.39 is 0 Å². The van der Waals surface area contributed by atoms with Crippen molar-refractivity contribution in [2.75, 3.05) is 0 Å². The van der Waals surface area contributed by atoms with Crippen molar-refractivity contribution < 1.29 is 4.79 Å². The second-order valence-electron chi connectivity index (χ2n) is 5.86. The molecule has 3 heterocycles. The summed E-state index contributed by atoms with van der Waals surface area (Å²) in [5.74, 6) is -0.166. The number of hydrogen-bond donors (Lipinski definition) is 2. The lowest BCUT2D eigenvalue weighted by Gasteiger charge is -2.10. The lowest BCUT2D eigenvalue weighted by atomic mass is 10.2. The first-order valence-electron chi connectivity index (χ1n) is 8.06. The third-order valence-corrected chi connectivity index (χ3v) is 5.94. The molecule has 0 fully saturated rings. The average Bonchev–Trinajstić information content (AvgIpc) is 3.28. The fraction of sp³-hybridized carbons (Fsp3) is 0.105. The fourth-order valence-electron chi connectivity index (χ4n) is 2.74. The highest BCUT2D eigenvalue weighted by atomic mass is 79.9. The van der Waals surface area contributed by atoms with E-state index in [-0.39, 0.29) is 11.9 Å². The van der Waals surface area contributed by atoms with Gasteiger partial charge in [0.1, 0.15) is 10.7 Å². The second-order valence-corrected chi connectivity index (χ2v) is 7.54. The number of para-hydroxylation sites is 1. The number of carbonyl (C=O) groups is 1. The molecule has 130 valence electrons. The van der Waals surface area contributed by atoms with E-state index in [0.29, 0.717) is 5.69 Å². The lowest BCUT2D eigenvalue weighted by molar-refractivity contribution is 0.0935. The van der Waals surface area contributed by atoms with Crippen molar-refractivity contribution >= 4 is 44.1 Å². The summed E-state index contributed by atoms with van der Waals surface area (Å²) < 4.78 is 0.773. The molecule has 0 saturated carbocycles. The number of nitrogens with zero attached hydrogens (tertiary/aromatic N) is 2. The number of pyridine rings is 1. The van der Waals surface area contributed by atoms with Crippen LogP contribution in [-0.2, 0) is 0 Å². The van der Waals surface area contributed by atoms with Gasteiger partial charge in [-0.05, 0) is 41.1 Å². The van der Waals surface area contributed by atoms with Crippen molar-refractivity contribution in [2.45, 2.75) is 13.0 Å². The predicted molar refractivity (Wildman–Crippen MR) is 107 cm³/mol. The van der Waals surface area contributed by atoms with Gasteiger partial charge in [0, 0.05) is 34.2 Å². The van der Waals surface area contributed by atoms with Crippen LogP contribution in [0.15, 0.2) is 58.6 Å². The molecule has 0 radical (unpaired) electrons. The van der Waals surface area contributed by atoms with Gasteiger partial charge in [0.2, 0.25) is 0 Å². The normalized spacial score (nSPS) is 12.2. The van der Waals surface area contributed by atoms with Gasteiger partial charge in [-0.25, -0.2) is 4.98 Å². The molecule has 2 N–H and O–H groups in total. The van der Waals surface area contributed by atoms with Gasteiger partial charge in [-0.3, -0.25) is 9.78 Å². The van der Waals surface area contributed by atoms with Crippen LogP contribution in [0.25, 0.3) is 22.2 Å². The topological polar surface area (TPSA) is 70.7 Å². The molecule has 0 aliphatic carbocycles. The van der Waals surface area contributed by atoms with Crippen molar-refractivity contribution in [3.8, 4) is 11.3 Å². The van der Waals surface area contributed by atoms with Crippen LogP contribution in [0.2, 0.25) is 0 Å². The number of nitrogens with one attached hydrogen (secondary N) is 2. The number of hydrogen-bond acceptors (Lipinski definition) is 4. The minimum Gasteiger partial charge on any atom is -0.350 e. The number of amides is 1. The highest BCUT2D eigenvalue weighted by molar-refractivity contribution is 9.10. The molecule has 0 aliphatic heterocycles. The van der Waals surface area contributed by atoms with Crippen LogP contribution in [-0.4, -0.2) is 20.9 Å². The molecule has 0 spiro atoms. The number of H-pyrrole nitrogens is 1. The minimum absolute atomic E-state index is 0.166. The molecule has 1 amide bonds. The summed E-state index contributed by atoms with van der Waals surface area (Å²) in [6, 6.07) is 11.4. The number of fused-ring (bicyclic) bond motifs is 1. The monoisotopic (exact) mass is 426 g/mol. The largest absolute Gasteiger partial charge is 0.350 e. The van der Waals surface area contributed by atoms with Gasteiger partial charge in [-0.15, -0.1) is 11.3 Å². The summed E-state index contributed by atoms with van der Waals surface area (Å²) in [6.45, 7) is 1.93. The Hall–Kier alpha value is -2.51. The number of carbonyl (C=O) groups excluding carboxylic acids is 1. The molecule has 5 nitrogen and oxygen atoms in total. The molecule has 1 atom stereocenters. The summed E-state index contributed by atoms with van der Waals surface area (Å²) >= 11 is 5.05. The predicted octanol–water partition coefficient (Wildman–Crippen LogP) is 4.94. The average molecular weight is 427 g/mol. The molecule has 7 heteroatoms. The third-order valence-electron chi connectivity index (χ3n) is 4.09. The molecule has 26 heavy (non-hydrogen) atoms. The molecule has 1 aromatic carbocycles. The molecule has 3 aromatic heterocycles. The van der Waals surface area contributed by atoms with Crippen LogP contribution in [0.3, 0.4) is 0 Å². The number of benzene rings is 1. The first kappa shape index (κ1) is 16.9. The number of aromatic amines is 1. The molecule has 4 aromatic rings. The molecule has 0 aliphatic rings. The van der Waals surface area contributed by atoms with Crippen molar-refractivity contribution in [1.29, 1.82) is 0 Å². The summed E-state index contributed by atoms with van der Waals surface area (Å²) in [5.41, 5.74) is 3.34. The Morgan fingerprint density at radius 1 is 1.23 bits per heavy atom. The summed E-state index contributed by atoms with van der Waals surface area (Å²) in [4.78, 5) is 24.5. The maximum atomic E-state index is 12.7. The quantitative estimate of drug-likeness (QED) is 0.485. The SMILES string of the molecule is CC(NC(=O)c1[nH]c2ccccc2c1Br)c1nc(-c2ccncc2)cs1. The fourth-order valence-corrected chi connectivity index (χ4v) is 4.20. The highest BCUT2D eigenvalue weighted by Gasteiger charge is 2.19. The Morgan fingerprint density at radius 2 is 2.00 bits per heavy atom. The van der Waals surface area contributed by atoms with Crippen LogP contribution in [0.4, 0.5) is 0 Å². The first-order valence-corrected chi connectivity index (χ1v) is 9.73. The van der Waals surface area contributed by atoms with Gasteiger partial charge in [0.15, 0.2) is 0 Å². The molecule has 0 saturated heterocycles. The maximum Gasteiger partial charge on any atom is 0.269 e. The van der Waals surface area contributed by atoms with E-state index in [0.717, 1.165) is 31.6 Å². The van der Waals surface area contributed by atoms with Crippen LogP contribution in [0.5, 0.6) is 0 Å². The smallest absolute Gasteiger partial charge is 0.269 e. The Bertz CT molecular complexity index is 1070. The van der Waals surface area contributed by atoms with Crippen LogP contribution >= 0.6 is 27.3 Å². The van der Waals surface area contributed by atoms with Gasteiger partial charge in [0.05, 0.1) is 16.2 Å². The number of rotatable bonds is 4. The Morgan fingerprint density at radius 3 is 2.77 bits per heavy atom. The highest BCUT2D eigenvalue weighted by Crippen LogP contribution is 2.29. The number of thiazole rings is 1. The second kappa shape index (κ2) is 7.01. The van der Waals surface area contributed by atoms with Crippen molar-refractivity contribution in [2.24, 2.45) is 0 Å². The van der Waals surface area contributed by atoms with E-state index in [1.165, 1.54) is 11.3 Å². The van der Waals surface area contributed by atoms with E-state index in [1.54, 1.807) is 12.4 Å². The lowest BCUT2D eigenvalue weighted by Crippen LogP contribution is -2.27. The van der Waals surface area contributed by atoms with Crippen molar-refractivity contribution in [1.82, 2.24) is 20.3 Å². The van der Waals surface area contributed by atoms with Gasteiger partial charge in [-0.2, -0.15) is 0 Å². The molecular formula is C19H15BrN4OS. The maximum absolute atomic E-state index is 12.7. The standard InChI is InChI=1S/C19H15BrN4OS/c1-11(19-24-15(10-26-19)12-6-8-21-9-7-12)22-18(25)17-16(20)13-4-2-3-5-14(13)23-17/h2-11,23H,1H3,(H,22,25). The van der Waals surface area contributed by atoms with Crippen molar-refractivity contribution in [3.05, 3.63) is 69.3 Å². The van der Waals surface area contributed by atoms with E-state index in [2.05, 4.69) is 36.2 Å². The first-order chi connectivity index (χ1) is 12.6. The van der Waals surface area contributed by atoms with Gasteiger partial charge in [0.25, 0.3) is 5.91 Å². The summed E-state index contributed by atoms with van der Waals surface area (Å²) in [6.07, 6.45) is 3.49. The summed E-state index contributed by atoms with van der Waals surface area (Å²) in [5, 5.41) is 6.85. The number of halogens is 1. The van der Waals surface area contributed by atoms with E-state index in [4.69, 9.17) is 0 Å². The van der Waals surface area contributed by atoms with Gasteiger partial charge >= 0.3 is 0 Å². The Kier molecular flexibility index (Phi) is 4.57. The van der Waals surface area contributed by atoms with Gasteiger partial charge in [-0.1, -0.05) is 18.2 Å². The van der Waals surface area contributed by atoms with Crippen LogP contribution < -0.4 is 5.32 Å². The van der Waals surface area contributed by atoms with Gasteiger partial charge < -0.3 is 10.3 Å². The van der Waals surface area contributed by atoms with Crippen LogP contribution in [0.1, 0.15) is 28.5 Å². The zero-order valence-corrected chi connectivity index (χ0v) is 16.3. The van der Waals surface area contributed by atoms with Crippen LogP contribution in [0, 0.1) is 0 Å².